The third-order valence-corrected chi connectivity index (χ3v) is 6.28. The van der Waals surface area contributed by atoms with Gasteiger partial charge in [-0.3, -0.25) is 4.79 Å². The molecule has 2 aromatic rings. The first kappa shape index (κ1) is 16.1. The van der Waals surface area contributed by atoms with Crippen LogP contribution in [0.4, 0.5) is 5.69 Å². The lowest BCUT2D eigenvalue weighted by atomic mass is 9.89. The lowest BCUT2D eigenvalue weighted by molar-refractivity contribution is -0.116. The average molecular weight is 376 g/mol. The van der Waals surface area contributed by atoms with E-state index >= 15 is 0 Å². The number of benzene rings is 2. The van der Waals surface area contributed by atoms with Gasteiger partial charge < -0.3 is 5.32 Å². The van der Waals surface area contributed by atoms with E-state index in [0.717, 1.165) is 40.3 Å². The van der Waals surface area contributed by atoms with Crippen molar-refractivity contribution in [2.45, 2.75) is 29.4 Å². The van der Waals surface area contributed by atoms with Crippen molar-refractivity contribution in [3.05, 3.63) is 69.3 Å². The second kappa shape index (κ2) is 6.47. The van der Waals surface area contributed by atoms with Gasteiger partial charge in [0.2, 0.25) is 0 Å². The van der Waals surface area contributed by atoms with Crippen molar-refractivity contribution in [3.63, 3.8) is 0 Å². The van der Waals surface area contributed by atoms with Gasteiger partial charge in [-0.15, -0.1) is 11.8 Å². The Hall–Kier alpha value is -1.42. The largest absolute Gasteiger partial charge is 0.358 e. The normalized spacial score (nSPS) is 20.1. The fourth-order valence-corrected chi connectivity index (χ4v) is 5.22. The van der Waals surface area contributed by atoms with Crippen LogP contribution in [0.1, 0.15) is 30.1 Å². The zero-order chi connectivity index (χ0) is 16.7. The maximum Gasteiger partial charge on any atom is 0.162 e. The molecule has 0 unspecified atom stereocenters. The van der Waals surface area contributed by atoms with E-state index in [1.54, 1.807) is 17.8 Å². The molecule has 0 saturated heterocycles. The molecular formula is C19H15Cl2NOS. The molecule has 0 radical (unpaired) electrons. The topological polar surface area (TPSA) is 29.1 Å². The molecule has 0 saturated carbocycles. The van der Waals surface area contributed by atoms with Gasteiger partial charge in [-0.2, -0.15) is 0 Å². The van der Waals surface area contributed by atoms with Crippen LogP contribution in [0.15, 0.2) is 58.6 Å². The number of Topliss-reactive ketones (excluding diaryl/α,β-unsaturated/α-hetero) is 1. The van der Waals surface area contributed by atoms with Crippen molar-refractivity contribution < 1.29 is 4.79 Å². The Balaban J connectivity index is 1.90. The fourth-order valence-electron chi connectivity index (χ4n) is 3.25. The van der Waals surface area contributed by atoms with Gasteiger partial charge in [-0.05, 0) is 42.7 Å². The van der Waals surface area contributed by atoms with Crippen LogP contribution in [0.2, 0.25) is 10.0 Å². The first-order chi connectivity index (χ1) is 11.6. The van der Waals surface area contributed by atoms with Crippen LogP contribution < -0.4 is 5.32 Å². The molecule has 0 bridgehead atoms. The molecule has 1 aliphatic carbocycles. The van der Waals surface area contributed by atoms with Crippen LogP contribution in [0.5, 0.6) is 0 Å². The van der Waals surface area contributed by atoms with Crippen LogP contribution >= 0.6 is 35.0 Å². The van der Waals surface area contributed by atoms with Gasteiger partial charge in [0.25, 0.3) is 0 Å². The van der Waals surface area contributed by atoms with E-state index in [-0.39, 0.29) is 11.0 Å². The van der Waals surface area contributed by atoms with Crippen molar-refractivity contribution in [1.29, 1.82) is 0 Å². The number of rotatable bonds is 1. The van der Waals surface area contributed by atoms with Crippen LogP contribution in [-0.4, -0.2) is 5.78 Å². The van der Waals surface area contributed by atoms with Crippen LogP contribution in [-0.2, 0) is 4.79 Å². The molecule has 1 atom stereocenters. The highest BCUT2D eigenvalue weighted by atomic mass is 35.5. The molecule has 2 nitrogen and oxygen atoms in total. The molecule has 24 heavy (non-hydrogen) atoms. The van der Waals surface area contributed by atoms with Crippen molar-refractivity contribution >= 4 is 46.4 Å². The first-order valence-electron chi connectivity index (χ1n) is 7.87. The summed E-state index contributed by atoms with van der Waals surface area (Å²) in [4.78, 5) is 13.8. The van der Waals surface area contributed by atoms with E-state index < -0.39 is 0 Å². The number of hydrogen-bond donors (Lipinski definition) is 1. The molecule has 0 fully saturated rings. The van der Waals surface area contributed by atoms with Crippen molar-refractivity contribution in [3.8, 4) is 0 Å². The standard InChI is InChI=1S/C19H15Cl2NOS/c20-11-8-9-12(13(21)10-11)19-18-15(5-3-6-16(18)23)22-14-4-1-2-7-17(14)24-19/h1-2,4,7-10,19,22H,3,5-6H2/t19-/m1/s1. The number of para-hydroxylation sites is 1. The predicted octanol–water partition coefficient (Wildman–Crippen LogP) is 6.26. The summed E-state index contributed by atoms with van der Waals surface area (Å²) in [6, 6.07) is 13.7. The summed E-state index contributed by atoms with van der Waals surface area (Å²) in [6.07, 6.45) is 2.37. The van der Waals surface area contributed by atoms with Crippen molar-refractivity contribution in [2.75, 3.05) is 5.32 Å². The van der Waals surface area contributed by atoms with E-state index in [1.807, 2.05) is 24.3 Å². The Labute approximate surface area is 155 Å². The molecule has 2 aliphatic rings. The SMILES string of the molecule is O=C1CCCC2=C1[C@@H](c1ccc(Cl)cc1Cl)Sc1ccccc1N2. The monoisotopic (exact) mass is 375 g/mol. The molecule has 122 valence electrons. The van der Waals surface area contributed by atoms with Crippen molar-refractivity contribution in [2.24, 2.45) is 0 Å². The summed E-state index contributed by atoms with van der Waals surface area (Å²) in [6.45, 7) is 0. The van der Waals surface area contributed by atoms with Gasteiger partial charge in [0.1, 0.15) is 0 Å². The van der Waals surface area contributed by atoms with Crippen LogP contribution in [0.25, 0.3) is 0 Å². The van der Waals surface area contributed by atoms with Crippen LogP contribution in [0.3, 0.4) is 0 Å². The highest BCUT2D eigenvalue weighted by Crippen LogP contribution is 2.50. The summed E-state index contributed by atoms with van der Waals surface area (Å²) >= 11 is 14.2. The number of ketones is 1. The fraction of sp³-hybridized carbons (Fsp3) is 0.211. The van der Waals surface area contributed by atoms with E-state index in [1.165, 1.54) is 0 Å². The van der Waals surface area contributed by atoms with Gasteiger partial charge in [0.15, 0.2) is 5.78 Å². The minimum absolute atomic E-state index is 0.117. The summed E-state index contributed by atoms with van der Waals surface area (Å²) in [7, 11) is 0. The van der Waals surface area contributed by atoms with Gasteiger partial charge in [-0.1, -0.05) is 41.4 Å². The predicted molar refractivity (Wildman–Crippen MR) is 101 cm³/mol. The highest BCUT2D eigenvalue weighted by Gasteiger charge is 2.33. The number of thioether (sulfide) groups is 1. The molecular weight excluding hydrogens is 361 g/mol. The third kappa shape index (κ3) is 2.85. The number of allylic oxidation sites excluding steroid dienone is 1. The quantitative estimate of drug-likeness (QED) is 0.637. The Bertz CT molecular complexity index is 862. The summed E-state index contributed by atoms with van der Waals surface area (Å²) in [5.74, 6) is 0.208. The zero-order valence-corrected chi connectivity index (χ0v) is 15.1. The molecule has 5 heteroatoms. The van der Waals surface area contributed by atoms with E-state index in [0.29, 0.717) is 16.5 Å². The summed E-state index contributed by atoms with van der Waals surface area (Å²) < 4.78 is 0. The second-order valence-corrected chi connectivity index (χ2v) is 7.94. The van der Waals surface area contributed by atoms with Crippen molar-refractivity contribution in [1.82, 2.24) is 0 Å². The van der Waals surface area contributed by atoms with Gasteiger partial charge in [-0.25, -0.2) is 0 Å². The molecule has 2 aromatic carbocycles. The maximum absolute atomic E-state index is 12.7. The smallest absolute Gasteiger partial charge is 0.162 e. The molecule has 1 heterocycles. The lowest BCUT2D eigenvalue weighted by Crippen LogP contribution is -2.19. The number of carbonyl (C=O) groups excluding carboxylic acids is 1. The molecule has 0 aromatic heterocycles. The Kier molecular flexibility index (Phi) is 4.33. The molecule has 0 amide bonds. The lowest BCUT2D eigenvalue weighted by Gasteiger charge is -2.24. The number of nitrogens with one attached hydrogen (secondary N) is 1. The third-order valence-electron chi connectivity index (χ3n) is 4.38. The zero-order valence-electron chi connectivity index (χ0n) is 12.8. The molecule has 1 N–H and O–H groups in total. The minimum Gasteiger partial charge on any atom is -0.358 e. The number of halogens is 2. The number of anilines is 1. The van der Waals surface area contributed by atoms with E-state index in [4.69, 9.17) is 23.2 Å². The van der Waals surface area contributed by atoms with Crippen LogP contribution in [0, 0.1) is 0 Å². The Morgan fingerprint density at radius 3 is 2.75 bits per heavy atom. The van der Waals surface area contributed by atoms with E-state index in [9.17, 15) is 4.79 Å². The van der Waals surface area contributed by atoms with E-state index in [2.05, 4.69) is 17.4 Å². The van der Waals surface area contributed by atoms with Gasteiger partial charge in [0.05, 0.1) is 10.9 Å². The summed E-state index contributed by atoms with van der Waals surface area (Å²) in [5, 5.41) is 4.58. The molecule has 0 spiro atoms. The number of hydrogen-bond acceptors (Lipinski definition) is 3. The number of fused-ring (bicyclic) bond motifs is 1. The average Bonchev–Trinajstić information content (AvgIpc) is 2.72. The Morgan fingerprint density at radius 1 is 1.08 bits per heavy atom. The summed E-state index contributed by atoms with van der Waals surface area (Å²) in [5.41, 5.74) is 3.87. The molecule has 1 aliphatic heterocycles. The maximum atomic E-state index is 12.7. The minimum atomic E-state index is -0.117. The first-order valence-corrected chi connectivity index (χ1v) is 9.51. The number of carbonyl (C=O) groups is 1. The van der Waals surface area contributed by atoms with Gasteiger partial charge >= 0.3 is 0 Å². The molecule has 4 rings (SSSR count). The Morgan fingerprint density at radius 2 is 1.92 bits per heavy atom. The second-order valence-electron chi connectivity index (χ2n) is 5.95. The van der Waals surface area contributed by atoms with Gasteiger partial charge in [0, 0.05) is 32.6 Å². The highest BCUT2D eigenvalue weighted by molar-refractivity contribution is 8.00.